The van der Waals surface area contributed by atoms with Crippen LogP contribution in [0.4, 0.5) is 11.8 Å². The first-order chi connectivity index (χ1) is 13.5. The highest BCUT2D eigenvalue weighted by Crippen LogP contribution is 2.22. The lowest BCUT2D eigenvalue weighted by atomic mass is 10.3. The molecule has 8 nitrogen and oxygen atoms in total. The van der Waals surface area contributed by atoms with Crippen LogP contribution in [-0.4, -0.2) is 75.2 Å². The van der Waals surface area contributed by atoms with Gasteiger partial charge in [-0.2, -0.15) is 9.29 Å². The molecule has 0 saturated carbocycles. The Morgan fingerprint density at radius 2 is 1.57 bits per heavy atom. The van der Waals surface area contributed by atoms with E-state index in [1.54, 1.807) is 22.6 Å². The molecule has 1 aromatic heterocycles. The van der Waals surface area contributed by atoms with Crippen molar-refractivity contribution in [3.63, 3.8) is 0 Å². The molecule has 0 aliphatic carbocycles. The number of ether oxygens (including phenoxy) is 1. The normalized spacial score (nSPS) is 19.0. The van der Waals surface area contributed by atoms with E-state index in [-0.39, 0.29) is 0 Å². The van der Waals surface area contributed by atoms with E-state index in [1.165, 1.54) is 0 Å². The zero-order valence-electron chi connectivity index (χ0n) is 15.4. The summed E-state index contributed by atoms with van der Waals surface area (Å²) in [4.78, 5) is 13.7. The molecule has 2 aliphatic rings. The number of nitrogens with zero attached hydrogens (tertiary/aromatic N) is 5. The van der Waals surface area contributed by atoms with E-state index in [0.717, 1.165) is 22.5 Å². The lowest BCUT2D eigenvalue weighted by Crippen LogP contribution is -2.49. The summed E-state index contributed by atoms with van der Waals surface area (Å²) in [6.45, 7) is 5.00. The van der Waals surface area contributed by atoms with E-state index in [9.17, 15) is 8.42 Å². The molecule has 1 aromatic carbocycles. The number of rotatable bonds is 4. The fourth-order valence-corrected chi connectivity index (χ4v) is 5.13. The fourth-order valence-electron chi connectivity index (χ4n) is 3.34. The third kappa shape index (κ3) is 4.24. The van der Waals surface area contributed by atoms with Crippen LogP contribution < -0.4 is 9.80 Å². The Bertz CT molecular complexity index is 911. The first-order valence-corrected chi connectivity index (χ1v) is 11.7. The topological polar surface area (TPSA) is 78.9 Å². The molecule has 10 heteroatoms. The molecule has 0 radical (unpaired) electrons. The highest BCUT2D eigenvalue weighted by Gasteiger charge is 2.29. The van der Waals surface area contributed by atoms with Crippen LogP contribution in [0.1, 0.15) is 0 Å². The smallest absolute Gasteiger partial charge is 0.243 e. The van der Waals surface area contributed by atoms with Crippen LogP contribution in [0.2, 0.25) is 0 Å². The summed E-state index contributed by atoms with van der Waals surface area (Å²) in [5.74, 6) is 1.54. The highest BCUT2D eigenvalue weighted by atomic mass is 127. The highest BCUT2D eigenvalue weighted by molar-refractivity contribution is 14.1. The molecule has 0 bridgehead atoms. The first-order valence-electron chi connectivity index (χ1n) is 9.20. The van der Waals surface area contributed by atoms with Crippen molar-refractivity contribution in [1.82, 2.24) is 14.3 Å². The van der Waals surface area contributed by atoms with Gasteiger partial charge in [0.15, 0.2) is 0 Å². The Morgan fingerprint density at radius 3 is 2.25 bits per heavy atom. The summed E-state index contributed by atoms with van der Waals surface area (Å²) in [5, 5.41) is 0. The van der Waals surface area contributed by atoms with Crippen molar-refractivity contribution in [3.8, 4) is 0 Å². The number of hydrogen-bond donors (Lipinski definition) is 0. The lowest BCUT2D eigenvalue weighted by molar-refractivity contribution is 0.122. The van der Waals surface area contributed by atoms with Crippen molar-refractivity contribution in [2.24, 2.45) is 0 Å². The summed E-state index contributed by atoms with van der Waals surface area (Å²) in [5.41, 5.74) is 0. The van der Waals surface area contributed by atoms with Gasteiger partial charge in [-0.1, -0.05) is 0 Å². The Kier molecular flexibility index (Phi) is 5.99. The molecule has 0 atom stereocenters. The van der Waals surface area contributed by atoms with Crippen molar-refractivity contribution >= 4 is 44.4 Å². The Balaban J connectivity index is 1.43. The lowest BCUT2D eigenvalue weighted by Gasteiger charge is -2.35. The second kappa shape index (κ2) is 8.47. The van der Waals surface area contributed by atoms with Crippen molar-refractivity contribution in [1.29, 1.82) is 0 Å². The molecular weight excluding hydrogens is 493 g/mol. The van der Waals surface area contributed by atoms with E-state index in [2.05, 4.69) is 37.4 Å². The fraction of sp³-hybridized carbons (Fsp3) is 0.444. The van der Waals surface area contributed by atoms with E-state index in [0.29, 0.717) is 50.2 Å². The molecule has 0 amide bonds. The maximum atomic E-state index is 12.9. The quantitative estimate of drug-likeness (QED) is 0.571. The minimum atomic E-state index is -3.46. The van der Waals surface area contributed by atoms with Gasteiger partial charge in [0.25, 0.3) is 0 Å². The van der Waals surface area contributed by atoms with Gasteiger partial charge in [-0.15, -0.1) is 0 Å². The number of piperazine rings is 1. The molecule has 2 saturated heterocycles. The monoisotopic (exact) mass is 515 g/mol. The molecule has 0 N–H and O–H groups in total. The largest absolute Gasteiger partial charge is 0.378 e. The minimum absolute atomic E-state index is 0.345. The third-order valence-corrected chi connectivity index (χ3v) is 7.57. The second-order valence-corrected chi connectivity index (χ2v) is 9.84. The number of anilines is 2. The average molecular weight is 515 g/mol. The van der Waals surface area contributed by atoms with Crippen molar-refractivity contribution in [2.75, 3.05) is 62.3 Å². The maximum absolute atomic E-state index is 12.9. The molecule has 3 heterocycles. The molecule has 0 unspecified atom stereocenters. The number of sulfonamides is 1. The van der Waals surface area contributed by atoms with Gasteiger partial charge in [-0.25, -0.2) is 13.4 Å². The van der Waals surface area contributed by atoms with Gasteiger partial charge in [-0.3, -0.25) is 0 Å². The van der Waals surface area contributed by atoms with Crippen LogP contribution >= 0.6 is 22.6 Å². The predicted octanol–water partition coefficient (Wildman–Crippen LogP) is 1.43. The van der Waals surface area contributed by atoms with Gasteiger partial charge in [0, 0.05) is 49.0 Å². The number of benzene rings is 1. The Labute approximate surface area is 178 Å². The van der Waals surface area contributed by atoms with Crippen molar-refractivity contribution < 1.29 is 13.2 Å². The Hall–Kier alpha value is -1.50. The summed E-state index contributed by atoms with van der Waals surface area (Å²) in [6.07, 6.45) is 1.77. The Morgan fingerprint density at radius 1 is 0.893 bits per heavy atom. The summed E-state index contributed by atoms with van der Waals surface area (Å²) >= 11 is 2.17. The molecule has 2 aromatic rings. The molecule has 28 heavy (non-hydrogen) atoms. The van der Waals surface area contributed by atoms with Gasteiger partial charge < -0.3 is 14.5 Å². The SMILES string of the molecule is O=S(=O)(c1ccc(I)cc1)N1CCN(c2ccnc(N3CCOCC3)n2)CC1. The molecule has 0 spiro atoms. The number of morpholine rings is 1. The van der Waals surface area contributed by atoms with Crippen LogP contribution in [-0.2, 0) is 14.8 Å². The summed E-state index contributed by atoms with van der Waals surface area (Å²) < 4.78 is 33.7. The number of halogens is 1. The third-order valence-electron chi connectivity index (χ3n) is 4.94. The molecule has 4 rings (SSSR count). The standard InChI is InChI=1S/C18H22IN5O3S/c19-15-1-3-16(4-2-15)28(25,26)24-9-7-22(8-10-24)17-5-6-20-18(21-17)23-11-13-27-14-12-23/h1-6H,7-14H2. The average Bonchev–Trinajstić information content (AvgIpc) is 2.75. The number of hydrogen-bond acceptors (Lipinski definition) is 7. The van der Waals surface area contributed by atoms with E-state index < -0.39 is 10.0 Å². The van der Waals surface area contributed by atoms with Crippen molar-refractivity contribution in [2.45, 2.75) is 4.90 Å². The maximum Gasteiger partial charge on any atom is 0.243 e. The summed E-state index contributed by atoms with van der Waals surface area (Å²) in [6, 6.07) is 8.85. The summed E-state index contributed by atoms with van der Waals surface area (Å²) in [7, 11) is -3.46. The predicted molar refractivity (Wildman–Crippen MR) is 115 cm³/mol. The van der Waals surface area contributed by atoms with Crippen LogP contribution in [0.25, 0.3) is 0 Å². The molecule has 150 valence electrons. The van der Waals surface area contributed by atoms with Gasteiger partial charge in [-0.05, 0) is 52.9 Å². The van der Waals surface area contributed by atoms with Crippen LogP contribution in [0.3, 0.4) is 0 Å². The van der Waals surface area contributed by atoms with Gasteiger partial charge in [0.2, 0.25) is 16.0 Å². The first kappa shape index (κ1) is 19.8. The zero-order chi connectivity index (χ0) is 19.6. The molecular formula is C18H22IN5O3S. The van der Waals surface area contributed by atoms with Crippen LogP contribution in [0.15, 0.2) is 41.4 Å². The number of aromatic nitrogens is 2. The zero-order valence-corrected chi connectivity index (χ0v) is 18.3. The van der Waals surface area contributed by atoms with E-state index >= 15 is 0 Å². The molecule has 2 aliphatic heterocycles. The van der Waals surface area contributed by atoms with Gasteiger partial charge in [0.1, 0.15) is 5.82 Å². The van der Waals surface area contributed by atoms with Crippen LogP contribution in [0, 0.1) is 3.57 Å². The molecule has 2 fully saturated rings. The minimum Gasteiger partial charge on any atom is -0.378 e. The van der Waals surface area contributed by atoms with Gasteiger partial charge in [0.05, 0.1) is 18.1 Å². The second-order valence-electron chi connectivity index (χ2n) is 6.66. The van der Waals surface area contributed by atoms with Gasteiger partial charge >= 0.3 is 0 Å². The van der Waals surface area contributed by atoms with E-state index in [4.69, 9.17) is 9.72 Å². The van der Waals surface area contributed by atoms with Crippen molar-refractivity contribution in [3.05, 3.63) is 40.1 Å². The van der Waals surface area contributed by atoms with Crippen LogP contribution in [0.5, 0.6) is 0 Å². The van der Waals surface area contributed by atoms with E-state index in [1.807, 2.05) is 18.2 Å².